The number of allylic oxidation sites excluding steroid dienone is 8. The maximum Gasteiger partial charge on any atom is -0.00960 e. The second-order valence-corrected chi connectivity index (χ2v) is 3.09. The fourth-order valence-corrected chi connectivity index (χ4v) is 1.54. The third-order valence-electron chi connectivity index (χ3n) is 2.15. The molecule has 2 aliphatic rings. The van der Waals surface area contributed by atoms with Crippen LogP contribution in [0.15, 0.2) is 47.6 Å². The van der Waals surface area contributed by atoms with Gasteiger partial charge in [-0.15, -0.1) is 0 Å². The molecule has 0 saturated carbocycles. The first-order valence-corrected chi connectivity index (χ1v) is 4.14. The largest absolute Gasteiger partial charge is 0.0804 e. The van der Waals surface area contributed by atoms with Gasteiger partial charge in [0, 0.05) is 0 Å². The van der Waals surface area contributed by atoms with Crippen molar-refractivity contribution in [2.45, 2.75) is 19.3 Å². The monoisotopic (exact) mass is 144 g/mol. The lowest BCUT2D eigenvalue weighted by atomic mass is 10.0. The third kappa shape index (κ3) is 1.51. The molecule has 0 aromatic rings. The van der Waals surface area contributed by atoms with Gasteiger partial charge < -0.3 is 0 Å². The molecule has 0 nitrogen and oxygen atoms in total. The third-order valence-corrected chi connectivity index (χ3v) is 2.15. The molecule has 0 radical (unpaired) electrons. The lowest BCUT2D eigenvalue weighted by Crippen LogP contribution is -1.82. The Morgan fingerprint density at radius 1 is 0.818 bits per heavy atom. The molecule has 56 valence electrons. The molecule has 0 saturated heterocycles. The van der Waals surface area contributed by atoms with Crippen molar-refractivity contribution in [1.29, 1.82) is 0 Å². The van der Waals surface area contributed by atoms with E-state index in [1.807, 2.05) is 0 Å². The predicted octanol–water partition coefficient (Wildman–Crippen LogP) is 3.15. The van der Waals surface area contributed by atoms with E-state index in [2.05, 4.69) is 36.5 Å². The molecule has 2 bridgehead atoms. The zero-order valence-electron chi connectivity index (χ0n) is 6.59. The highest BCUT2D eigenvalue weighted by Gasteiger charge is 2.04. The van der Waals surface area contributed by atoms with Crippen molar-refractivity contribution in [1.82, 2.24) is 0 Å². The summed E-state index contributed by atoms with van der Waals surface area (Å²) in [6.07, 6.45) is 16.8. The van der Waals surface area contributed by atoms with Crippen LogP contribution < -0.4 is 0 Å². The Bertz CT molecular complexity index is 234. The first-order chi connectivity index (χ1) is 5.45. The van der Waals surface area contributed by atoms with Crippen molar-refractivity contribution in [2.75, 3.05) is 0 Å². The molecule has 0 unspecified atom stereocenters. The molecule has 0 aliphatic heterocycles. The van der Waals surface area contributed by atoms with Crippen molar-refractivity contribution in [3.05, 3.63) is 47.6 Å². The summed E-state index contributed by atoms with van der Waals surface area (Å²) >= 11 is 0. The van der Waals surface area contributed by atoms with Gasteiger partial charge >= 0.3 is 0 Å². The van der Waals surface area contributed by atoms with Crippen LogP contribution in [0.1, 0.15) is 19.3 Å². The molecule has 0 N–H and O–H groups in total. The number of hydrogen-bond donors (Lipinski definition) is 0. The maximum atomic E-state index is 2.25. The zero-order chi connectivity index (χ0) is 7.52. The summed E-state index contributed by atoms with van der Waals surface area (Å²) in [6, 6.07) is 0. The van der Waals surface area contributed by atoms with Gasteiger partial charge in [0.1, 0.15) is 0 Å². The topological polar surface area (TPSA) is 0 Å². The van der Waals surface area contributed by atoms with Gasteiger partial charge in [0.2, 0.25) is 0 Å². The Balaban J connectivity index is 2.34. The molecule has 2 aliphatic carbocycles. The Labute approximate surface area is 67.6 Å². The van der Waals surface area contributed by atoms with Crippen LogP contribution in [0.4, 0.5) is 0 Å². The number of rotatable bonds is 0. The van der Waals surface area contributed by atoms with Crippen LogP contribution in [0.3, 0.4) is 0 Å². The molecular formula is C11H12. The van der Waals surface area contributed by atoms with Gasteiger partial charge in [-0.1, -0.05) is 47.6 Å². The summed E-state index contributed by atoms with van der Waals surface area (Å²) in [5.74, 6) is 0. The fourth-order valence-electron chi connectivity index (χ4n) is 1.54. The highest BCUT2D eigenvalue weighted by atomic mass is 14.1. The minimum absolute atomic E-state index is 1.13. The van der Waals surface area contributed by atoms with Crippen molar-refractivity contribution in [3.63, 3.8) is 0 Å². The molecular weight excluding hydrogens is 132 g/mol. The van der Waals surface area contributed by atoms with E-state index in [9.17, 15) is 0 Å². The summed E-state index contributed by atoms with van der Waals surface area (Å²) < 4.78 is 0. The van der Waals surface area contributed by atoms with Gasteiger partial charge in [-0.25, -0.2) is 0 Å². The first-order valence-electron chi connectivity index (χ1n) is 4.14. The van der Waals surface area contributed by atoms with E-state index in [1.165, 1.54) is 6.42 Å². The molecule has 0 heteroatoms. The van der Waals surface area contributed by atoms with E-state index >= 15 is 0 Å². The molecule has 0 aromatic carbocycles. The SMILES string of the molecule is C1=CCC2=CC=CCC(=C1)C2. The minimum atomic E-state index is 1.13. The van der Waals surface area contributed by atoms with Crippen LogP contribution in [0.25, 0.3) is 0 Å². The van der Waals surface area contributed by atoms with Gasteiger partial charge in [0.15, 0.2) is 0 Å². The molecule has 0 aromatic heterocycles. The van der Waals surface area contributed by atoms with Gasteiger partial charge in [-0.3, -0.25) is 0 Å². The van der Waals surface area contributed by atoms with E-state index < -0.39 is 0 Å². The molecule has 0 spiro atoms. The second kappa shape index (κ2) is 2.91. The predicted molar refractivity (Wildman–Crippen MR) is 48.3 cm³/mol. The smallest absolute Gasteiger partial charge is 0.00960 e. The van der Waals surface area contributed by atoms with Gasteiger partial charge in [-0.2, -0.15) is 0 Å². The molecule has 2 rings (SSSR count). The Morgan fingerprint density at radius 2 is 1.36 bits per heavy atom. The number of fused-ring (bicyclic) bond motifs is 2. The highest BCUT2D eigenvalue weighted by Crippen LogP contribution is 2.23. The van der Waals surface area contributed by atoms with Gasteiger partial charge in [0.25, 0.3) is 0 Å². The van der Waals surface area contributed by atoms with E-state index in [-0.39, 0.29) is 0 Å². The Morgan fingerprint density at radius 3 is 1.91 bits per heavy atom. The average molecular weight is 144 g/mol. The summed E-state index contributed by atoms with van der Waals surface area (Å²) in [5.41, 5.74) is 3.08. The molecule has 0 fully saturated rings. The molecule has 0 atom stereocenters. The van der Waals surface area contributed by atoms with Gasteiger partial charge in [-0.05, 0) is 19.3 Å². The van der Waals surface area contributed by atoms with Crippen LogP contribution in [0.2, 0.25) is 0 Å². The van der Waals surface area contributed by atoms with E-state index in [0.717, 1.165) is 12.8 Å². The Hall–Kier alpha value is -1.04. The van der Waals surface area contributed by atoms with Crippen molar-refractivity contribution >= 4 is 0 Å². The maximum absolute atomic E-state index is 2.25. The summed E-state index contributed by atoms with van der Waals surface area (Å²) in [7, 11) is 0. The lowest BCUT2D eigenvalue weighted by Gasteiger charge is -2.01. The zero-order valence-corrected chi connectivity index (χ0v) is 6.59. The summed E-state index contributed by atoms with van der Waals surface area (Å²) in [5, 5.41) is 0. The van der Waals surface area contributed by atoms with Gasteiger partial charge in [0.05, 0.1) is 0 Å². The molecule has 0 amide bonds. The fraction of sp³-hybridized carbons (Fsp3) is 0.273. The summed E-state index contributed by atoms with van der Waals surface area (Å²) in [4.78, 5) is 0. The van der Waals surface area contributed by atoms with Crippen LogP contribution in [0, 0.1) is 0 Å². The quantitative estimate of drug-likeness (QED) is 0.490. The van der Waals surface area contributed by atoms with E-state index in [0.29, 0.717) is 0 Å². The van der Waals surface area contributed by atoms with E-state index in [4.69, 9.17) is 0 Å². The van der Waals surface area contributed by atoms with Crippen molar-refractivity contribution in [2.24, 2.45) is 0 Å². The average Bonchev–Trinajstić information content (AvgIpc) is 2.36. The normalized spacial score (nSPS) is 21.8. The van der Waals surface area contributed by atoms with Crippen LogP contribution in [-0.4, -0.2) is 0 Å². The van der Waals surface area contributed by atoms with Crippen molar-refractivity contribution < 1.29 is 0 Å². The number of hydrogen-bond acceptors (Lipinski definition) is 0. The first kappa shape index (κ1) is 6.66. The van der Waals surface area contributed by atoms with Crippen LogP contribution in [-0.2, 0) is 0 Å². The minimum Gasteiger partial charge on any atom is -0.0804 e. The summed E-state index contributed by atoms with van der Waals surface area (Å²) in [6.45, 7) is 0. The Kier molecular flexibility index (Phi) is 1.76. The lowest BCUT2D eigenvalue weighted by molar-refractivity contribution is 1.03. The highest BCUT2D eigenvalue weighted by molar-refractivity contribution is 5.32. The molecule has 11 heavy (non-hydrogen) atoms. The van der Waals surface area contributed by atoms with E-state index in [1.54, 1.807) is 11.1 Å². The van der Waals surface area contributed by atoms with Crippen molar-refractivity contribution in [3.8, 4) is 0 Å². The van der Waals surface area contributed by atoms with Crippen LogP contribution >= 0.6 is 0 Å². The standard InChI is InChI=1S/C11H12/c1-2-6-11-8-4-3-7-10(5-1)9-11/h1-5,8H,6-7,9H2. The second-order valence-electron chi connectivity index (χ2n) is 3.09. The van der Waals surface area contributed by atoms with Crippen LogP contribution in [0.5, 0.6) is 0 Å². The molecule has 0 heterocycles.